The Morgan fingerprint density at radius 1 is 1.33 bits per heavy atom. The summed E-state index contributed by atoms with van der Waals surface area (Å²) in [6.45, 7) is 4.18. The Bertz CT molecular complexity index is 451. The smallest absolute Gasteiger partial charge is 0.255 e. The summed E-state index contributed by atoms with van der Waals surface area (Å²) in [6.07, 6.45) is 3.28. The number of rotatable bonds is 1. The van der Waals surface area contributed by atoms with Gasteiger partial charge in [-0.05, 0) is 51.3 Å². The fourth-order valence-electron chi connectivity index (χ4n) is 2.67. The van der Waals surface area contributed by atoms with E-state index >= 15 is 0 Å². The highest BCUT2D eigenvalue weighted by Gasteiger charge is 2.30. The minimum Gasteiger partial charge on any atom is -0.399 e. The Morgan fingerprint density at radius 3 is 2.56 bits per heavy atom. The fourth-order valence-corrected chi connectivity index (χ4v) is 2.87. The number of nitrogens with two attached hydrogens (primary N) is 1. The molecule has 1 heterocycles. The van der Waals surface area contributed by atoms with Gasteiger partial charge in [0.15, 0.2) is 0 Å². The number of halogens is 1. The highest BCUT2D eigenvalue weighted by Crippen LogP contribution is 2.27. The standard InChI is InChI=1S/C14H19ClN2O/c1-9-4-3-5-10(2)17(9)14(18)12-8-11(16)6-7-13(12)15/h6-10H,3-5,16H2,1-2H3. The summed E-state index contributed by atoms with van der Waals surface area (Å²) in [4.78, 5) is 14.5. The molecule has 3 nitrogen and oxygen atoms in total. The summed E-state index contributed by atoms with van der Waals surface area (Å²) in [5, 5.41) is 0.471. The molecular weight excluding hydrogens is 248 g/mol. The SMILES string of the molecule is CC1CCCC(C)N1C(=O)c1cc(N)ccc1Cl. The summed E-state index contributed by atoms with van der Waals surface area (Å²) in [7, 11) is 0. The largest absolute Gasteiger partial charge is 0.399 e. The summed E-state index contributed by atoms with van der Waals surface area (Å²) in [5.41, 5.74) is 6.82. The lowest BCUT2D eigenvalue weighted by atomic mass is 9.96. The molecule has 1 amide bonds. The molecule has 0 aromatic heterocycles. The van der Waals surface area contributed by atoms with Crippen LogP contribution in [0.2, 0.25) is 5.02 Å². The van der Waals surface area contributed by atoms with Crippen LogP contribution in [0.1, 0.15) is 43.5 Å². The second-order valence-corrected chi connectivity index (χ2v) is 5.49. The fraction of sp³-hybridized carbons (Fsp3) is 0.500. The molecule has 18 heavy (non-hydrogen) atoms. The van der Waals surface area contributed by atoms with Crippen molar-refractivity contribution in [3.63, 3.8) is 0 Å². The molecule has 2 atom stereocenters. The molecule has 1 fully saturated rings. The predicted molar refractivity (Wildman–Crippen MR) is 74.8 cm³/mol. The molecule has 1 aromatic carbocycles. The van der Waals surface area contributed by atoms with Crippen molar-refractivity contribution in [2.24, 2.45) is 0 Å². The molecule has 0 saturated carbocycles. The average Bonchev–Trinajstić information content (AvgIpc) is 2.32. The van der Waals surface area contributed by atoms with Crippen molar-refractivity contribution < 1.29 is 4.79 Å². The molecule has 98 valence electrons. The molecule has 0 aliphatic carbocycles. The molecule has 0 radical (unpaired) electrons. The first kappa shape index (κ1) is 13.2. The maximum absolute atomic E-state index is 12.6. The number of piperidine rings is 1. The first-order valence-electron chi connectivity index (χ1n) is 6.38. The molecule has 0 spiro atoms. The third-order valence-electron chi connectivity index (χ3n) is 3.65. The van der Waals surface area contributed by atoms with E-state index in [1.165, 1.54) is 6.42 Å². The summed E-state index contributed by atoms with van der Waals surface area (Å²) < 4.78 is 0. The molecule has 1 aliphatic heterocycles. The minimum atomic E-state index is -0.00741. The van der Waals surface area contributed by atoms with Crippen LogP contribution in [0.5, 0.6) is 0 Å². The molecule has 2 N–H and O–H groups in total. The van der Waals surface area contributed by atoms with Gasteiger partial charge in [-0.25, -0.2) is 0 Å². The van der Waals surface area contributed by atoms with Crippen LogP contribution in [0, 0.1) is 0 Å². The van der Waals surface area contributed by atoms with Crippen molar-refractivity contribution in [2.45, 2.75) is 45.2 Å². The monoisotopic (exact) mass is 266 g/mol. The van der Waals surface area contributed by atoms with E-state index in [0.717, 1.165) is 12.8 Å². The molecule has 1 aliphatic rings. The molecule has 2 rings (SSSR count). The maximum atomic E-state index is 12.6. The Hall–Kier alpha value is -1.22. The van der Waals surface area contributed by atoms with Crippen molar-refractivity contribution in [1.82, 2.24) is 4.90 Å². The van der Waals surface area contributed by atoms with Crippen LogP contribution in [-0.2, 0) is 0 Å². The number of carbonyl (C=O) groups excluding carboxylic acids is 1. The topological polar surface area (TPSA) is 46.3 Å². The Labute approximate surface area is 113 Å². The number of nitrogens with zero attached hydrogens (tertiary/aromatic N) is 1. The van der Waals surface area contributed by atoms with Gasteiger partial charge in [-0.2, -0.15) is 0 Å². The lowest BCUT2D eigenvalue weighted by Gasteiger charge is -2.39. The first-order chi connectivity index (χ1) is 8.50. The van der Waals surface area contributed by atoms with Crippen molar-refractivity contribution in [1.29, 1.82) is 0 Å². The molecule has 4 heteroatoms. The zero-order valence-electron chi connectivity index (χ0n) is 10.8. The van der Waals surface area contributed by atoms with Crippen molar-refractivity contribution in [3.8, 4) is 0 Å². The molecule has 0 bridgehead atoms. The van der Waals surface area contributed by atoms with Crippen molar-refractivity contribution in [2.75, 3.05) is 5.73 Å². The average molecular weight is 267 g/mol. The van der Waals surface area contributed by atoms with Crippen LogP contribution in [0.3, 0.4) is 0 Å². The Kier molecular flexibility index (Phi) is 3.81. The normalized spacial score (nSPS) is 24.1. The number of nitrogen functional groups attached to an aromatic ring is 1. The van der Waals surface area contributed by atoms with Gasteiger partial charge in [0.25, 0.3) is 5.91 Å². The lowest BCUT2D eigenvalue weighted by Crippen LogP contribution is -2.47. The van der Waals surface area contributed by atoms with Gasteiger partial charge in [0.1, 0.15) is 0 Å². The molecule has 1 saturated heterocycles. The number of hydrogen-bond donors (Lipinski definition) is 1. The molecular formula is C14H19ClN2O. The number of amides is 1. The van der Waals surface area contributed by atoms with E-state index in [1.807, 2.05) is 4.90 Å². The van der Waals surface area contributed by atoms with E-state index in [0.29, 0.717) is 16.3 Å². The summed E-state index contributed by atoms with van der Waals surface area (Å²) in [6, 6.07) is 5.59. The minimum absolute atomic E-state index is 0.00741. The van der Waals surface area contributed by atoms with Crippen LogP contribution >= 0.6 is 11.6 Å². The van der Waals surface area contributed by atoms with Gasteiger partial charge in [0.05, 0.1) is 10.6 Å². The van der Waals surface area contributed by atoms with E-state index in [4.69, 9.17) is 17.3 Å². The number of anilines is 1. The van der Waals surface area contributed by atoms with Gasteiger partial charge >= 0.3 is 0 Å². The van der Waals surface area contributed by atoms with Gasteiger partial charge in [-0.1, -0.05) is 11.6 Å². The van der Waals surface area contributed by atoms with E-state index in [-0.39, 0.29) is 18.0 Å². The second kappa shape index (κ2) is 5.19. The van der Waals surface area contributed by atoms with Gasteiger partial charge in [-0.15, -0.1) is 0 Å². The highest BCUT2D eigenvalue weighted by molar-refractivity contribution is 6.34. The van der Waals surface area contributed by atoms with E-state index < -0.39 is 0 Å². The third kappa shape index (κ3) is 2.46. The quantitative estimate of drug-likeness (QED) is 0.793. The number of benzene rings is 1. The third-order valence-corrected chi connectivity index (χ3v) is 3.98. The Balaban J connectivity index is 2.32. The summed E-state index contributed by atoms with van der Waals surface area (Å²) >= 11 is 6.10. The zero-order valence-corrected chi connectivity index (χ0v) is 11.6. The van der Waals surface area contributed by atoms with Gasteiger partial charge < -0.3 is 10.6 Å². The Morgan fingerprint density at radius 2 is 1.94 bits per heavy atom. The first-order valence-corrected chi connectivity index (χ1v) is 6.76. The van der Waals surface area contributed by atoms with Crippen LogP contribution in [0.15, 0.2) is 18.2 Å². The molecule has 2 unspecified atom stereocenters. The maximum Gasteiger partial charge on any atom is 0.255 e. The summed E-state index contributed by atoms with van der Waals surface area (Å²) in [5.74, 6) is -0.00741. The van der Waals surface area contributed by atoms with Gasteiger partial charge in [-0.3, -0.25) is 4.79 Å². The van der Waals surface area contributed by atoms with Crippen molar-refractivity contribution >= 4 is 23.2 Å². The molecule has 1 aromatic rings. The van der Waals surface area contributed by atoms with Gasteiger partial charge in [0, 0.05) is 17.8 Å². The lowest BCUT2D eigenvalue weighted by molar-refractivity contribution is 0.0511. The van der Waals surface area contributed by atoms with E-state index in [2.05, 4.69) is 13.8 Å². The number of carbonyl (C=O) groups is 1. The predicted octanol–water partition coefficient (Wildman–Crippen LogP) is 3.33. The second-order valence-electron chi connectivity index (χ2n) is 5.08. The van der Waals surface area contributed by atoms with E-state index in [1.54, 1.807) is 18.2 Å². The van der Waals surface area contributed by atoms with Crippen LogP contribution in [0.25, 0.3) is 0 Å². The number of likely N-dealkylation sites (tertiary alicyclic amines) is 1. The van der Waals surface area contributed by atoms with Crippen molar-refractivity contribution in [3.05, 3.63) is 28.8 Å². The van der Waals surface area contributed by atoms with Gasteiger partial charge in [0.2, 0.25) is 0 Å². The zero-order chi connectivity index (χ0) is 13.3. The van der Waals surface area contributed by atoms with Crippen LogP contribution in [-0.4, -0.2) is 22.9 Å². The van der Waals surface area contributed by atoms with Crippen LogP contribution in [0.4, 0.5) is 5.69 Å². The number of hydrogen-bond acceptors (Lipinski definition) is 2. The van der Waals surface area contributed by atoms with Crippen LogP contribution < -0.4 is 5.73 Å². The highest BCUT2D eigenvalue weighted by atomic mass is 35.5. The van der Waals surface area contributed by atoms with E-state index in [9.17, 15) is 4.79 Å².